The predicted molar refractivity (Wildman–Crippen MR) is 69.6 cm³/mol. The number of rotatable bonds is 4. The van der Waals surface area contributed by atoms with Gasteiger partial charge >= 0.3 is 0 Å². The van der Waals surface area contributed by atoms with Crippen LogP contribution in [0.15, 0.2) is 24.4 Å². The molecule has 2 aromatic rings. The van der Waals surface area contributed by atoms with E-state index in [0.29, 0.717) is 5.56 Å². The second-order valence-electron chi connectivity index (χ2n) is 4.60. The molecule has 0 bridgehead atoms. The van der Waals surface area contributed by atoms with Gasteiger partial charge in [-0.2, -0.15) is 5.10 Å². The first-order valence-electron chi connectivity index (χ1n) is 6.01. The van der Waals surface area contributed by atoms with E-state index in [1.54, 1.807) is 6.92 Å². The van der Waals surface area contributed by atoms with Crippen LogP contribution < -0.4 is 5.32 Å². The second-order valence-corrected chi connectivity index (χ2v) is 4.60. The van der Waals surface area contributed by atoms with Crippen molar-refractivity contribution in [1.29, 1.82) is 0 Å². The van der Waals surface area contributed by atoms with Crippen molar-refractivity contribution in [3.05, 3.63) is 52.6 Å². The number of halogens is 1. The molecule has 0 saturated heterocycles. The molecule has 0 atom stereocenters. The van der Waals surface area contributed by atoms with Gasteiger partial charge in [-0.25, -0.2) is 4.39 Å². The fourth-order valence-electron chi connectivity index (χ4n) is 1.98. The van der Waals surface area contributed by atoms with Gasteiger partial charge in [0.05, 0.1) is 5.69 Å². The maximum absolute atomic E-state index is 13.1. The minimum Gasteiger partial charge on any atom is -0.308 e. The first-order chi connectivity index (χ1) is 8.56. The van der Waals surface area contributed by atoms with Gasteiger partial charge in [-0.1, -0.05) is 12.1 Å². The topological polar surface area (TPSA) is 29.9 Å². The SMILES string of the molecule is Cc1cc(CNCc2cn(C)nc2C)ccc1F. The van der Waals surface area contributed by atoms with Crippen LogP contribution in [0.5, 0.6) is 0 Å². The van der Waals surface area contributed by atoms with Crippen LogP contribution in [-0.2, 0) is 20.1 Å². The molecule has 0 amide bonds. The van der Waals surface area contributed by atoms with E-state index in [-0.39, 0.29) is 5.82 Å². The van der Waals surface area contributed by atoms with Gasteiger partial charge in [-0.3, -0.25) is 4.68 Å². The molecule has 1 heterocycles. The van der Waals surface area contributed by atoms with Crippen molar-refractivity contribution in [3.63, 3.8) is 0 Å². The Bertz CT molecular complexity index is 546. The van der Waals surface area contributed by atoms with Crippen molar-refractivity contribution >= 4 is 0 Å². The normalized spacial score (nSPS) is 10.9. The Kier molecular flexibility index (Phi) is 3.77. The molecule has 1 aromatic heterocycles. The number of aryl methyl sites for hydroxylation is 3. The average molecular weight is 247 g/mol. The van der Waals surface area contributed by atoms with E-state index in [2.05, 4.69) is 10.4 Å². The molecule has 2 rings (SSSR count). The lowest BCUT2D eigenvalue weighted by molar-refractivity contribution is 0.615. The Labute approximate surface area is 107 Å². The molecule has 18 heavy (non-hydrogen) atoms. The van der Waals surface area contributed by atoms with Gasteiger partial charge in [0.15, 0.2) is 0 Å². The number of aromatic nitrogens is 2. The summed E-state index contributed by atoms with van der Waals surface area (Å²) < 4.78 is 14.9. The van der Waals surface area contributed by atoms with Crippen LogP contribution in [0.3, 0.4) is 0 Å². The van der Waals surface area contributed by atoms with Gasteiger partial charge in [0.1, 0.15) is 5.82 Å². The van der Waals surface area contributed by atoms with Gasteiger partial charge < -0.3 is 5.32 Å². The van der Waals surface area contributed by atoms with Gasteiger partial charge in [0.25, 0.3) is 0 Å². The quantitative estimate of drug-likeness (QED) is 0.899. The highest BCUT2D eigenvalue weighted by Gasteiger charge is 2.03. The summed E-state index contributed by atoms with van der Waals surface area (Å²) in [5, 5.41) is 7.63. The molecule has 1 aromatic carbocycles. The summed E-state index contributed by atoms with van der Waals surface area (Å²) in [6.07, 6.45) is 2.01. The van der Waals surface area contributed by atoms with Crippen LogP contribution in [0.1, 0.15) is 22.4 Å². The summed E-state index contributed by atoms with van der Waals surface area (Å²) >= 11 is 0. The summed E-state index contributed by atoms with van der Waals surface area (Å²) in [6, 6.07) is 5.20. The Morgan fingerprint density at radius 1 is 1.28 bits per heavy atom. The molecule has 4 heteroatoms. The molecule has 0 fully saturated rings. The Morgan fingerprint density at radius 3 is 2.67 bits per heavy atom. The Morgan fingerprint density at radius 2 is 2.06 bits per heavy atom. The molecule has 0 aliphatic rings. The Hall–Kier alpha value is -1.68. The molecule has 96 valence electrons. The molecular formula is C14H18FN3. The van der Waals surface area contributed by atoms with E-state index in [0.717, 1.165) is 24.3 Å². The van der Waals surface area contributed by atoms with Crippen LogP contribution in [-0.4, -0.2) is 9.78 Å². The van der Waals surface area contributed by atoms with Crippen molar-refractivity contribution in [1.82, 2.24) is 15.1 Å². The molecule has 0 spiro atoms. The van der Waals surface area contributed by atoms with Crippen molar-refractivity contribution < 1.29 is 4.39 Å². The molecule has 0 radical (unpaired) electrons. The Balaban J connectivity index is 1.92. The maximum Gasteiger partial charge on any atom is 0.126 e. The number of nitrogens with zero attached hydrogens (tertiary/aromatic N) is 2. The molecular weight excluding hydrogens is 229 g/mol. The zero-order valence-corrected chi connectivity index (χ0v) is 11.0. The van der Waals surface area contributed by atoms with Crippen LogP contribution in [0.2, 0.25) is 0 Å². The number of hydrogen-bond acceptors (Lipinski definition) is 2. The third kappa shape index (κ3) is 2.96. The largest absolute Gasteiger partial charge is 0.308 e. The van der Waals surface area contributed by atoms with Crippen molar-refractivity contribution in [2.75, 3.05) is 0 Å². The molecule has 0 aliphatic heterocycles. The first kappa shape index (κ1) is 12.8. The van der Waals surface area contributed by atoms with E-state index < -0.39 is 0 Å². The van der Waals surface area contributed by atoms with E-state index in [1.165, 1.54) is 11.6 Å². The van der Waals surface area contributed by atoms with Crippen molar-refractivity contribution in [2.24, 2.45) is 7.05 Å². The minimum absolute atomic E-state index is 0.151. The zero-order chi connectivity index (χ0) is 13.1. The molecule has 0 aliphatic carbocycles. The molecule has 1 N–H and O–H groups in total. The van der Waals surface area contributed by atoms with Crippen LogP contribution in [0.4, 0.5) is 4.39 Å². The van der Waals surface area contributed by atoms with Crippen LogP contribution in [0.25, 0.3) is 0 Å². The van der Waals surface area contributed by atoms with Gasteiger partial charge in [0.2, 0.25) is 0 Å². The fourth-order valence-corrected chi connectivity index (χ4v) is 1.98. The summed E-state index contributed by atoms with van der Waals surface area (Å²) in [4.78, 5) is 0. The average Bonchev–Trinajstić information content (AvgIpc) is 2.63. The third-order valence-corrected chi connectivity index (χ3v) is 2.98. The maximum atomic E-state index is 13.1. The van der Waals surface area contributed by atoms with Crippen molar-refractivity contribution in [3.8, 4) is 0 Å². The zero-order valence-electron chi connectivity index (χ0n) is 11.0. The fraction of sp³-hybridized carbons (Fsp3) is 0.357. The van der Waals surface area contributed by atoms with E-state index in [1.807, 2.05) is 37.0 Å². The molecule has 0 saturated carbocycles. The minimum atomic E-state index is -0.151. The highest BCUT2D eigenvalue weighted by molar-refractivity contribution is 5.24. The number of benzene rings is 1. The summed E-state index contributed by atoms with van der Waals surface area (Å²) in [6.45, 7) is 5.29. The van der Waals surface area contributed by atoms with Gasteiger partial charge in [0, 0.05) is 31.9 Å². The number of hydrogen-bond donors (Lipinski definition) is 1. The van der Waals surface area contributed by atoms with Crippen LogP contribution in [0, 0.1) is 19.7 Å². The highest BCUT2D eigenvalue weighted by Crippen LogP contribution is 2.09. The summed E-state index contributed by atoms with van der Waals surface area (Å²) in [5.74, 6) is -0.151. The lowest BCUT2D eigenvalue weighted by atomic mass is 10.1. The standard InChI is InChI=1S/C14H18FN3/c1-10-6-12(4-5-14(10)15)7-16-8-13-9-18(3)17-11(13)2/h4-6,9,16H,7-8H2,1-3H3. The molecule has 3 nitrogen and oxygen atoms in total. The number of nitrogens with one attached hydrogen (secondary N) is 1. The van der Waals surface area contributed by atoms with Crippen molar-refractivity contribution in [2.45, 2.75) is 26.9 Å². The monoisotopic (exact) mass is 247 g/mol. The second kappa shape index (κ2) is 5.31. The lowest BCUT2D eigenvalue weighted by Crippen LogP contribution is -2.13. The highest BCUT2D eigenvalue weighted by atomic mass is 19.1. The van der Waals surface area contributed by atoms with Gasteiger partial charge in [-0.15, -0.1) is 0 Å². The van der Waals surface area contributed by atoms with E-state index >= 15 is 0 Å². The van der Waals surface area contributed by atoms with E-state index in [9.17, 15) is 4.39 Å². The van der Waals surface area contributed by atoms with E-state index in [4.69, 9.17) is 0 Å². The smallest absolute Gasteiger partial charge is 0.126 e. The first-order valence-corrected chi connectivity index (χ1v) is 6.01. The van der Waals surface area contributed by atoms with Gasteiger partial charge in [-0.05, 0) is 31.0 Å². The summed E-state index contributed by atoms with van der Waals surface area (Å²) in [5.41, 5.74) is 4.01. The predicted octanol–water partition coefficient (Wildman–Crippen LogP) is 2.47. The third-order valence-electron chi connectivity index (χ3n) is 2.98. The molecule has 0 unspecified atom stereocenters. The van der Waals surface area contributed by atoms with Crippen LogP contribution >= 0.6 is 0 Å². The lowest BCUT2D eigenvalue weighted by Gasteiger charge is -2.05. The summed E-state index contributed by atoms with van der Waals surface area (Å²) in [7, 11) is 1.92.